The molecule has 2 rings (SSSR count). The fourth-order valence-corrected chi connectivity index (χ4v) is 1.83. The fraction of sp³-hybridized carbons (Fsp3) is 0.357. The standard InChI is InChI=1S/C14H17NO/c1-10(2)7-8-11-9-14(16)12-5-3-4-6-13(12)15-11/h3-6,9-10H,7-8H2,1-2H3,(H,15,16). The molecule has 1 aromatic heterocycles. The number of aromatic nitrogens is 1. The molecule has 2 nitrogen and oxygen atoms in total. The highest BCUT2D eigenvalue weighted by Crippen LogP contribution is 2.10. The molecule has 0 aliphatic carbocycles. The van der Waals surface area contributed by atoms with Crippen LogP contribution in [0.25, 0.3) is 10.9 Å². The van der Waals surface area contributed by atoms with Crippen LogP contribution >= 0.6 is 0 Å². The molecule has 0 fully saturated rings. The van der Waals surface area contributed by atoms with Crippen molar-refractivity contribution in [1.29, 1.82) is 0 Å². The average molecular weight is 215 g/mol. The summed E-state index contributed by atoms with van der Waals surface area (Å²) in [5.41, 5.74) is 2.10. The van der Waals surface area contributed by atoms with Gasteiger partial charge in [-0.2, -0.15) is 0 Å². The largest absolute Gasteiger partial charge is 0.358 e. The molecule has 1 N–H and O–H groups in total. The molecular formula is C14H17NO. The number of benzene rings is 1. The summed E-state index contributed by atoms with van der Waals surface area (Å²) in [7, 11) is 0. The van der Waals surface area contributed by atoms with E-state index in [1.807, 2.05) is 24.3 Å². The highest BCUT2D eigenvalue weighted by atomic mass is 16.1. The van der Waals surface area contributed by atoms with E-state index in [1.165, 1.54) is 0 Å². The molecular weight excluding hydrogens is 198 g/mol. The third-order valence-corrected chi connectivity index (χ3v) is 2.78. The summed E-state index contributed by atoms with van der Waals surface area (Å²) >= 11 is 0. The van der Waals surface area contributed by atoms with E-state index in [9.17, 15) is 4.79 Å². The van der Waals surface area contributed by atoms with E-state index in [-0.39, 0.29) is 5.43 Å². The number of hydrogen-bond donors (Lipinski definition) is 1. The number of nitrogens with one attached hydrogen (secondary N) is 1. The van der Waals surface area contributed by atoms with Crippen LogP contribution in [-0.2, 0) is 6.42 Å². The molecule has 16 heavy (non-hydrogen) atoms. The Bertz CT molecular complexity index is 540. The van der Waals surface area contributed by atoms with Gasteiger partial charge >= 0.3 is 0 Å². The van der Waals surface area contributed by atoms with E-state index < -0.39 is 0 Å². The van der Waals surface area contributed by atoms with Crippen LogP contribution in [0, 0.1) is 5.92 Å². The van der Waals surface area contributed by atoms with Crippen LogP contribution in [0.3, 0.4) is 0 Å². The molecule has 0 aliphatic rings. The minimum Gasteiger partial charge on any atom is -0.358 e. The lowest BCUT2D eigenvalue weighted by Gasteiger charge is -2.06. The van der Waals surface area contributed by atoms with Gasteiger partial charge < -0.3 is 4.98 Å². The van der Waals surface area contributed by atoms with Gasteiger partial charge in [0, 0.05) is 22.7 Å². The normalized spacial score (nSPS) is 11.2. The Kier molecular flexibility index (Phi) is 3.09. The summed E-state index contributed by atoms with van der Waals surface area (Å²) in [5.74, 6) is 0.662. The number of rotatable bonds is 3. The lowest BCUT2D eigenvalue weighted by Crippen LogP contribution is -2.05. The maximum absolute atomic E-state index is 11.8. The van der Waals surface area contributed by atoms with Crippen LogP contribution in [0.1, 0.15) is 26.0 Å². The van der Waals surface area contributed by atoms with Crippen molar-refractivity contribution in [2.24, 2.45) is 5.92 Å². The molecule has 0 saturated carbocycles. The van der Waals surface area contributed by atoms with Crippen molar-refractivity contribution < 1.29 is 0 Å². The Morgan fingerprint density at radius 2 is 2.00 bits per heavy atom. The number of hydrogen-bond acceptors (Lipinski definition) is 1. The van der Waals surface area contributed by atoms with E-state index in [0.717, 1.165) is 29.4 Å². The quantitative estimate of drug-likeness (QED) is 0.838. The third kappa shape index (κ3) is 2.32. The summed E-state index contributed by atoms with van der Waals surface area (Å²) in [5, 5.41) is 0.774. The second-order valence-electron chi connectivity index (χ2n) is 4.64. The van der Waals surface area contributed by atoms with Gasteiger partial charge in [-0.15, -0.1) is 0 Å². The van der Waals surface area contributed by atoms with Gasteiger partial charge in [-0.3, -0.25) is 4.79 Å². The first-order valence-corrected chi connectivity index (χ1v) is 5.78. The van der Waals surface area contributed by atoms with E-state index in [0.29, 0.717) is 5.92 Å². The lowest BCUT2D eigenvalue weighted by atomic mass is 10.1. The van der Waals surface area contributed by atoms with Gasteiger partial charge in [0.2, 0.25) is 0 Å². The van der Waals surface area contributed by atoms with Gasteiger partial charge in [0.1, 0.15) is 0 Å². The van der Waals surface area contributed by atoms with Crippen LogP contribution in [0.15, 0.2) is 35.1 Å². The van der Waals surface area contributed by atoms with Crippen LogP contribution in [0.5, 0.6) is 0 Å². The number of pyridine rings is 1. The monoisotopic (exact) mass is 215 g/mol. The number of aromatic amines is 1. The molecule has 1 aromatic carbocycles. The Hall–Kier alpha value is -1.57. The van der Waals surface area contributed by atoms with Crippen LogP contribution in [-0.4, -0.2) is 4.98 Å². The van der Waals surface area contributed by atoms with Gasteiger partial charge in [-0.1, -0.05) is 26.0 Å². The maximum Gasteiger partial charge on any atom is 0.189 e. The van der Waals surface area contributed by atoms with E-state index in [4.69, 9.17) is 0 Å². The van der Waals surface area contributed by atoms with Crippen LogP contribution in [0.2, 0.25) is 0 Å². The number of H-pyrrole nitrogens is 1. The van der Waals surface area contributed by atoms with Crippen molar-refractivity contribution >= 4 is 10.9 Å². The zero-order chi connectivity index (χ0) is 11.5. The predicted molar refractivity (Wildman–Crippen MR) is 67.7 cm³/mol. The van der Waals surface area contributed by atoms with Crippen molar-refractivity contribution in [3.8, 4) is 0 Å². The molecule has 0 aliphatic heterocycles. The second-order valence-corrected chi connectivity index (χ2v) is 4.64. The van der Waals surface area contributed by atoms with Crippen molar-refractivity contribution in [2.45, 2.75) is 26.7 Å². The maximum atomic E-state index is 11.8. The number of aryl methyl sites for hydroxylation is 1. The smallest absolute Gasteiger partial charge is 0.189 e. The minimum absolute atomic E-state index is 0.119. The molecule has 84 valence electrons. The second kappa shape index (κ2) is 4.52. The summed E-state index contributed by atoms with van der Waals surface area (Å²) in [6.45, 7) is 4.39. The topological polar surface area (TPSA) is 32.9 Å². The minimum atomic E-state index is 0.119. The Morgan fingerprint density at radius 1 is 1.25 bits per heavy atom. The Morgan fingerprint density at radius 3 is 2.75 bits per heavy atom. The van der Waals surface area contributed by atoms with Crippen LogP contribution < -0.4 is 5.43 Å². The first kappa shape index (κ1) is 10.9. The van der Waals surface area contributed by atoms with E-state index >= 15 is 0 Å². The highest BCUT2D eigenvalue weighted by molar-refractivity contribution is 5.78. The zero-order valence-electron chi connectivity index (χ0n) is 9.79. The number of fused-ring (bicyclic) bond motifs is 1. The molecule has 0 amide bonds. The predicted octanol–water partition coefficient (Wildman–Crippen LogP) is 3.12. The molecule has 2 heteroatoms. The van der Waals surface area contributed by atoms with Crippen LogP contribution in [0.4, 0.5) is 0 Å². The summed E-state index contributed by atoms with van der Waals surface area (Å²) < 4.78 is 0. The molecule has 0 atom stereocenters. The van der Waals surface area contributed by atoms with Gasteiger partial charge in [0.15, 0.2) is 5.43 Å². The molecule has 0 bridgehead atoms. The van der Waals surface area contributed by atoms with Crippen molar-refractivity contribution in [3.05, 3.63) is 46.2 Å². The average Bonchev–Trinajstić information content (AvgIpc) is 2.26. The van der Waals surface area contributed by atoms with Crippen molar-refractivity contribution in [2.75, 3.05) is 0 Å². The summed E-state index contributed by atoms with van der Waals surface area (Å²) in [6, 6.07) is 9.39. The third-order valence-electron chi connectivity index (χ3n) is 2.78. The lowest BCUT2D eigenvalue weighted by molar-refractivity contribution is 0.582. The molecule has 0 spiro atoms. The first-order chi connectivity index (χ1) is 7.66. The van der Waals surface area contributed by atoms with Gasteiger partial charge in [-0.05, 0) is 30.9 Å². The van der Waals surface area contributed by atoms with Gasteiger partial charge in [-0.25, -0.2) is 0 Å². The van der Waals surface area contributed by atoms with E-state index in [2.05, 4.69) is 18.8 Å². The SMILES string of the molecule is CC(C)CCc1cc(=O)c2ccccc2[nH]1. The summed E-state index contributed by atoms with van der Waals surface area (Å²) in [6.07, 6.45) is 2.05. The molecule has 0 unspecified atom stereocenters. The molecule has 2 aromatic rings. The molecule has 0 radical (unpaired) electrons. The number of para-hydroxylation sites is 1. The van der Waals surface area contributed by atoms with Gasteiger partial charge in [0.05, 0.1) is 0 Å². The zero-order valence-corrected chi connectivity index (χ0v) is 9.79. The molecule has 1 heterocycles. The fourth-order valence-electron chi connectivity index (χ4n) is 1.83. The molecule has 0 saturated heterocycles. The van der Waals surface area contributed by atoms with Crippen molar-refractivity contribution in [1.82, 2.24) is 4.98 Å². The van der Waals surface area contributed by atoms with Crippen molar-refractivity contribution in [3.63, 3.8) is 0 Å². The summed E-state index contributed by atoms with van der Waals surface area (Å²) in [4.78, 5) is 15.1. The highest BCUT2D eigenvalue weighted by Gasteiger charge is 2.02. The first-order valence-electron chi connectivity index (χ1n) is 5.78. The Balaban J connectivity index is 2.38. The Labute approximate surface area is 95.3 Å². The van der Waals surface area contributed by atoms with E-state index in [1.54, 1.807) is 6.07 Å². The van der Waals surface area contributed by atoms with Gasteiger partial charge in [0.25, 0.3) is 0 Å².